The lowest BCUT2D eigenvalue weighted by molar-refractivity contribution is -0.144. The predicted molar refractivity (Wildman–Crippen MR) is 72.0 cm³/mol. The van der Waals surface area contributed by atoms with Crippen molar-refractivity contribution in [2.75, 3.05) is 30.3 Å². The highest BCUT2D eigenvalue weighted by Gasteiger charge is 2.35. The molecule has 0 radical (unpaired) electrons. The van der Waals surface area contributed by atoms with Gasteiger partial charge >= 0.3 is 6.18 Å². The van der Waals surface area contributed by atoms with Crippen LogP contribution in [0.25, 0.3) is 0 Å². The molecule has 0 bridgehead atoms. The zero-order valence-corrected chi connectivity index (χ0v) is 11.8. The molecule has 1 heterocycles. The van der Waals surface area contributed by atoms with Crippen LogP contribution >= 0.6 is 0 Å². The van der Waals surface area contributed by atoms with Crippen molar-refractivity contribution in [3.8, 4) is 0 Å². The van der Waals surface area contributed by atoms with Crippen molar-refractivity contribution in [3.05, 3.63) is 11.9 Å². The van der Waals surface area contributed by atoms with Gasteiger partial charge in [0.1, 0.15) is 17.2 Å². The van der Waals surface area contributed by atoms with Crippen molar-refractivity contribution in [2.45, 2.75) is 32.0 Å². The molecule has 21 heavy (non-hydrogen) atoms. The van der Waals surface area contributed by atoms with Crippen LogP contribution in [0.1, 0.15) is 26.1 Å². The van der Waals surface area contributed by atoms with Crippen LogP contribution < -0.4 is 10.6 Å². The molecule has 120 valence electrons. The van der Waals surface area contributed by atoms with E-state index < -0.39 is 24.2 Å². The van der Waals surface area contributed by atoms with E-state index in [1.54, 1.807) is 0 Å². The Hall–Kier alpha value is -1.61. The van der Waals surface area contributed by atoms with Crippen molar-refractivity contribution in [3.63, 3.8) is 0 Å². The zero-order valence-electron chi connectivity index (χ0n) is 11.8. The minimum atomic E-state index is -4.67. The van der Waals surface area contributed by atoms with Gasteiger partial charge in [0.25, 0.3) is 0 Å². The van der Waals surface area contributed by atoms with Crippen LogP contribution in [0.5, 0.6) is 0 Å². The number of aliphatic hydroxyl groups excluding tert-OH is 1. The highest BCUT2D eigenvalue weighted by molar-refractivity contribution is 5.48. The lowest BCUT2D eigenvalue weighted by Gasteiger charge is -2.21. The fourth-order valence-electron chi connectivity index (χ4n) is 1.35. The van der Waals surface area contributed by atoms with Crippen LogP contribution in [-0.4, -0.2) is 45.5 Å². The fraction of sp³-hybridized carbons (Fsp3) is 0.667. The molecule has 1 unspecified atom stereocenters. The van der Waals surface area contributed by atoms with Gasteiger partial charge in [-0.2, -0.15) is 13.2 Å². The van der Waals surface area contributed by atoms with Crippen molar-refractivity contribution in [1.29, 1.82) is 0 Å². The van der Waals surface area contributed by atoms with Gasteiger partial charge in [0.05, 0.1) is 6.61 Å². The lowest BCUT2D eigenvalue weighted by atomic mass is 10.1. The molecule has 0 aliphatic carbocycles. The van der Waals surface area contributed by atoms with Gasteiger partial charge < -0.3 is 20.8 Å². The number of aromatic nitrogens is 2. The summed E-state index contributed by atoms with van der Waals surface area (Å²) >= 11 is 0. The molecule has 4 N–H and O–H groups in total. The third-order valence-electron chi connectivity index (χ3n) is 2.53. The van der Waals surface area contributed by atoms with Crippen LogP contribution in [0.4, 0.5) is 24.8 Å². The van der Waals surface area contributed by atoms with Crippen LogP contribution in [0.15, 0.2) is 6.07 Å². The van der Waals surface area contributed by atoms with Crippen LogP contribution in [0.3, 0.4) is 0 Å². The second kappa shape index (κ2) is 6.90. The quantitative estimate of drug-likeness (QED) is 0.610. The van der Waals surface area contributed by atoms with Gasteiger partial charge in [-0.1, -0.05) is 6.92 Å². The van der Waals surface area contributed by atoms with Gasteiger partial charge in [-0.05, 0) is 13.3 Å². The van der Waals surface area contributed by atoms with E-state index in [-0.39, 0.29) is 18.2 Å². The van der Waals surface area contributed by atoms with Gasteiger partial charge in [0.15, 0.2) is 0 Å². The normalized spacial score (nSPS) is 14.6. The van der Waals surface area contributed by atoms with Gasteiger partial charge in [-0.3, -0.25) is 0 Å². The van der Waals surface area contributed by atoms with E-state index in [9.17, 15) is 18.3 Å². The summed E-state index contributed by atoms with van der Waals surface area (Å²) in [6.45, 7) is 3.02. The van der Waals surface area contributed by atoms with Crippen LogP contribution in [0.2, 0.25) is 0 Å². The van der Waals surface area contributed by atoms with E-state index in [4.69, 9.17) is 5.11 Å². The summed E-state index contributed by atoms with van der Waals surface area (Å²) in [5.41, 5.74) is -1.46. The van der Waals surface area contributed by atoms with Gasteiger partial charge in [-0.25, -0.2) is 9.97 Å². The Balaban J connectivity index is 2.96. The van der Waals surface area contributed by atoms with Crippen molar-refractivity contribution >= 4 is 11.6 Å². The Morgan fingerprint density at radius 1 is 1.19 bits per heavy atom. The highest BCUT2D eigenvalue weighted by Crippen LogP contribution is 2.28. The largest absolute Gasteiger partial charge is 0.451 e. The first-order valence-electron chi connectivity index (χ1n) is 6.45. The number of anilines is 2. The second-order valence-electron chi connectivity index (χ2n) is 4.90. The molecule has 1 atom stereocenters. The molecule has 0 fully saturated rings. The first-order valence-corrected chi connectivity index (χ1v) is 6.45. The predicted octanol–water partition coefficient (Wildman–Crippen LogP) is 1.47. The van der Waals surface area contributed by atoms with Crippen LogP contribution in [-0.2, 0) is 6.18 Å². The third-order valence-corrected chi connectivity index (χ3v) is 2.53. The third kappa shape index (κ3) is 5.72. The maximum absolute atomic E-state index is 12.7. The summed E-state index contributed by atoms with van der Waals surface area (Å²) in [4.78, 5) is 6.78. The van der Waals surface area contributed by atoms with E-state index in [1.807, 2.05) is 6.92 Å². The van der Waals surface area contributed by atoms with Gasteiger partial charge in [-0.15, -0.1) is 0 Å². The summed E-state index contributed by atoms with van der Waals surface area (Å²) in [6.07, 6.45) is -3.94. The molecule has 6 nitrogen and oxygen atoms in total. The summed E-state index contributed by atoms with van der Waals surface area (Å²) in [5, 5.41) is 23.9. The first-order chi connectivity index (χ1) is 9.68. The van der Waals surface area contributed by atoms with E-state index in [1.165, 1.54) is 13.0 Å². The summed E-state index contributed by atoms with van der Waals surface area (Å²) in [5.74, 6) is -1.30. The standard InChI is InChI=1S/C12H19F3N4O2/c1-3-4-16-8-5-9(17-6-11(2,21)7-20)19-10(18-8)12(13,14)15/h5,20-21H,3-4,6-7H2,1-2H3,(H2,16,17,18,19). The number of hydrogen-bond acceptors (Lipinski definition) is 6. The number of nitrogens with one attached hydrogen (secondary N) is 2. The second-order valence-corrected chi connectivity index (χ2v) is 4.90. The zero-order chi connectivity index (χ0) is 16.1. The molecule has 1 aromatic rings. The molecule has 0 saturated heterocycles. The minimum absolute atomic E-state index is 0.0466. The molecule has 0 aromatic carbocycles. The van der Waals surface area contributed by atoms with Crippen LogP contribution in [0, 0.1) is 0 Å². The smallest absolute Gasteiger partial charge is 0.393 e. The number of alkyl halides is 3. The maximum Gasteiger partial charge on any atom is 0.451 e. The molecule has 0 aliphatic heterocycles. The highest BCUT2D eigenvalue weighted by atomic mass is 19.4. The Morgan fingerprint density at radius 2 is 1.76 bits per heavy atom. The van der Waals surface area contributed by atoms with Crippen molar-refractivity contribution < 1.29 is 23.4 Å². The average molecular weight is 308 g/mol. The molecule has 1 rings (SSSR count). The Kier molecular flexibility index (Phi) is 5.73. The van der Waals surface area contributed by atoms with E-state index in [0.717, 1.165) is 6.42 Å². The SMILES string of the molecule is CCCNc1cc(NCC(C)(O)CO)nc(C(F)(F)F)n1. The maximum atomic E-state index is 12.7. The van der Waals surface area contributed by atoms with E-state index in [0.29, 0.717) is 6.54 Å². The van der Waals surface area contributed by atoms with E-state index >= 15 is 0 Å². The number of nitrogens with zero attached hydrogens (tertiary/aromatic N) is 2. The fourth-order valence-corrected chi connectivity index (χ4v) is 1.35. The summed E-state index contributed by atoms with van der Waals surface area (Å²) < 4.78 is 38.2. The molecular weight excluding hydrogens is 289 g/mol. The molecule has 0 amide bonds. The molecule has 0 saturated carbocycles. The lowest BCUT2D eigenvalue weighted by Crippen LogP contribution is -2.37. The van der Waals surface area contributed by atoms with Gasteiger partial charge in [0.2, 0.25) is 5.82 Å². The Bertz CT molecular complexity index is 466. The number of aliphatic hydroxyl groups is 2. The Labute approximate surface area is 120 Å². The average Bonchev–Trinajstić information content (AvgIpc) is 2.42. The number of rotatable bonds is 7. The molecule has 0 spiro atoms. The minimum Gasteiger partial charge on any atom is -0.393 e. The summed E-state index contributed by atoms with van der Waals surface area (Å²) in [6, 6.07) is 1.32. The Morgan fingerprint density at radius 3 is 2.24 bits per heavy atom. The number of hydrogen-bond donors (Lipinski definition) is 4. The molecule has 0 aliphatic rings. The number of halogens is 3. The van der Waals surface area contributed by atoms with E-state index in [2.05, 4.69) is 20.6 Å². The van der Waals surface area contributed by atoms with Crippen molar-refractivity contribution in [2.24, 2.45) is 0 Å². The monoisotopic (exact) mass is 308 g/mol. The molecule has 9 heteroatoms. The topological polar surface area (TPSA) is 90.3 Å². The first kappa shape index (κ1) is 17.4. The van der Waals surface area contributed by atoms with Crippen molar-refractivity contribution in [1.82, 2.24) is 9.97 Å². The summed E-state index contributed by atoms with van der Waals surface area (Å²) in [7, 11) is 0. The van der Waals surface area contributed by atoms with Gasteiger partial charge in [0, 0.05) is 19.2 Å². The molecular formula is C12H19F3N4O2. The molecule has 1 aromatic heterocycles.